The minimum atomic E-state index is -0.403. The molecule has 8 heteroatoms. The van der Waals surface area contributed by atoms with E-state index in [4.69, 9.17) is 4.74 Å². The third kappa shape index (κ3) is 4.36. The molecule has 1 amide bonds. The molecular weight excluding hydrogens is 426 g/mol. The quantitative estimate of drug-likeness (QED) is 0.470. The SMILES string of the molecule is COc1ccc(CCNC(=O)c2cc3c(=O)n(Cc4ccccc4)c(=O)n(C)c3s2)cc1. The number of rotatable bonds is 7. The van der Waals surface area contributed by atoms with Gasteiger partial charge in [0.05, 0.1) is 23.9 Å². The van der Waals surface area contributed by atoms with Gasteiger partial charge in [0.2, 0.25) is 0 Å². The lowest BCUT2D eigenvalue weighted by Gasteiger charge is -2.08. The van der Waals surface area contributed by atoms with Crippen LogP contribution in [0.3, 0.4) is 0 Å². The summed E-state index contributed by atoms with van der Waals surface area (Å²) in [6.45, 7) is 0.637. The van der Waals surface area contributed by atoms with Crippen LogP contribution in [-0.4, -0.2) is 28.7 Å². The maximum atomic E-state index is 13.0. The summed E-state index contributed by atoms with van der Waals surface area (Å²) < 4.78 is 7.78. The first-order valence-electron chi connectivity index (χ1n) is 10.2. The number of carbonyl (C=O) groups is 1. The normalized spacial score (nSPS) is 10.9. The molecule has 0 atom stereocenters. The summed E-state index contributed by atoms with van der Waals surface area (Å²) >= 11 is 1.15. The molecule has 0 fully saturated rings. The lowest BCUT2D eigenvalue weighted by Crippen LogP contribution is -2.38. The van der Waals surface area contributed by atoms with E-state index in [2.05, 4.69) is 5.32 Å². The second-order valence-electron chi connectivity index (χ2n) is 7.40. The Morgan fingerprint density at radius 2 is 1.75 bits per heavy atom. The van der Waals surface area contributed by atoms with Gasteiger partial charge in [0.1, 0.15) is 10.6 Å². The van der Waals surface area contributed by atoms with Crippen LogP contribution >= 0.6 is 11.3 Å². The molecule has 2 heterocycles. The predicted octanol–water partition coefficient (Wildman–Crippen LogP) is 2.79. The zero-order chi connectivity index (χ0) is 22.7. The molecule has 2 aromatic heterocycles. The van der Waals surface area contributed by atoms with Crippen molar-refractivity contribution in [3.63, 3.8) is 0 Å². The van der Waals surface area contributed by atoms with E-state index in [9.17, 15) is 14.4 Å². The van der Waals surface area contributed by atoms with E-state index in [-0.39, 0.29) is 18.0 Å². The number of benzene rings is 2. The van der Waals surface area contributed by atoms with E-state index in [1.165, 1.54) is 9.13 Å². The maximum absolute atomic E-state index is 13.0. The van der Waals surface area contributed by atoms with E-state index in [1.54, 1.807) is 20.2 Å². The number of nitrogens with zero attached hydrogens (tertiary/aromatic N) is 2. The van der Waals surface area contributed by atoms with Crippen molar-refractivity contribution in [2.24, 2.45) is 7.05 Å². The van der Waals surface area contributed by atoms with Crippen LogP contribution in [-0.2, 0) is 20.0 Å². The van der Waals surface area contributed by atoms with Crippen LogP contribution in [0.2, 0.25) is 0 Å². The summed E-state index contributed by atoms with van der Waals surface area (Å²) in [6, 6.07) is 18.6. The summed E-state index contributed by atoms with van der Waals surface area (Å²) in [5.74, 6) is 0.521. The largest absolute Gasteiger partial charge is 0.497 e. The highest BCUT2D eigenvalue weighted by molar-refractivity contribution is 7.20. The summed E-state index contributed by atoms with van der Waals surface area (Å²) in [5.41, 5.74) is 1.14. The highest BCUT2D eigenvalue weighted by Crippen LogP contribution is 2.22. The zero-order valence-electron chi connectivity index (χ0n) is 17.8. The Hall–Kier alpha value is -3.65. The van der Waals surface area contributed by atoms with Gasteiger partial charge in [-0.1, -0.05) is 42.5 Å². The lowest BCUT2D eigenvalue weighted by molar-refractivity contribution is 0.0958. The molecule has 0 aliphatic rings. The van der Waals surface area contributed by atoms with Crippen LogP contribution < -0.4 is 21.3 Å². The molecule has 0 saturated carbocycles. The van der Waals surface area contributed by atoms with Crippen molar-refractivity contribution in [2.45, 2.75) is 13.0 Å². The number of ether oxygens (including phenoxy) is 1. The van der Waals surface area contributed by atoms with Gasteiger partial charge in [-0.3, -0.25) is 18.7 Å². The molecule has 0 unspecified atom stereocenters. The minimum Gasteiger partial charge on any atom is -0.497 e. The van der Waals surface area contributed by atoms with E-state index >= 15 is 0 Å². The molecule has 7 nitrogen and oxygen atoms in total. The van der Waals surface area contributed by atoms with Gasteiger partial charge in [-0.15, -0.1) is 11.3 Å². The summed E-state index contributed by atoms with van der Waals surface area (Å²) in [6.07, 6.45) is 0.670. The molecule has 32 heavy (non-hydrogen) atoms. The topological polar surface area (TPSA) is 82.3 Å². The Labute approximate surface area is 188 Å². The summed E-state index contributed by atoms with van der Waals surface area (Å²) in [4.78, 5) is 39.4. The smallest absolute Gasteiger partial charge is 0.332 e. The van der Waals surface area contributed by atoms with Gasteiger partial charge < -0.3 is 10.1 Å². The fourth-order valence-electron chi connectivity index (χ4n) is 3.50. The van der Waals surface area contributed by atoms with Gasteiger partial charge in [-0.25, -0.2) is 4.79 Å². The Kier molecular flexibility index (Phi) is 6.23. The van der Waals surface area contributed by atoms with Crippen LogP contribution in [0.25, 0.3) is 10.2 Å². The number of methoxy groups -OCH3 is 1. The van der Waals surface area contributed by atoms with E-state index in [0.29, 0.717) is 28.1 Å². The van der Waals surface area contributed by atoms with Crippen molar-refractivity contribution in [3.05, 3.63) is 97.5 Å². The Bertz CT molecular complexity index is 1370. The average Bonchev–Trinajstić information content (AvgIpc) is 3.28. The second kappa shape index (κ2) is 9.23. The van der Waals surface area contributed by atoms with Crippen LogP contribution in [0.4, 0.5) is 0 Å². The number of aromatic nitrogens is 2. The summed E-state index contributed by atoms with van der Waals surface area (Å²) in [7, 11) is 3.24. The first-order valence-corrected chi connectivity index (χ1v) is 11.0. The number of hydrogen-bond acceptors (Lipinski definition) is 5. The molecule has 1 N–H and O–H groups in total. The second-order valence-corrected chi connectivity index (χ2v) is 8.43. The molecule has 0 aliphatic carbocycles. The standard InChI is InChI=1S/C24H23N3O4S/c1-26-23-19(22(29)27(24(26)30)15-17-6-4-3-5-7-17)14-20(32-23)21(28)25-13-12-16-8-10-18(31-2)11-9-16/h3-11,14H,12-13,15H2,1-2H3,(H,25,28). The van der Waals surface area contributed by atoms with Gasteiger partial charge in [-0.2, -0.15) is 0 Å². The van der Waals surface area contributed by atoms with Gasteiger partial charge in [-0.05, 0) is 35.7 Å². The number of aryl methyl sites for hydroxylation is 1. The van der Waals surface area contributed by atoms with Crippen molar-refractivity contribution in [2.75, 3.05) is 13.7 Å². The number of amides is 1. The minimum absolute atomic E-state index is 0.182. The molecule has 0 aliphatic heterocycles. The molecule has 0 bridgehead atoms. The fourth-order valence-corrected chi connectivity index (χ4v) is 4.52. The Morgan fingerprint density at radius 3 is 2.44 bits per heavy atom. The third-order valence-corrected chi connectivity index (χ3v) is 6.49. The third-order valence-electron chi connectivity index (χ3n) is 5.28. The number of carbonyl (C=O) groups excluding carboxylic acids is 1. The monoisotopic (exact) mass is 449 g/mol. The van der Waals surface area contributed by atoms with Crippen LogP contribution in [0.5, 0.6) is 5.75 Å². The highest BCUT2D eigenvalue weighted by atomic mass is 32.1. The number of nitrogens with one attached hydrogen (secondary N) is 1. The van der Waals surface area contributed by atoms with Crippen molar-refractivity contribution < 1.29 is 9.53 Å². The highest BCUT2D eigenvalue weighted by Gasteiger charge is 2.17. The lowest BCUT2D eigenvalue weighted by atomic mass is 10.1. The molecule has 164 valence electrons. The molecule has 0 spiro atoms. The van der Waals surface area contributed by atoms with Crippen LogP contribution in [0.1, 0.15) is 20.8 Å². The first kappa shape index (κ1) is 21.6. The number of fused-ring (bicyclic) bond motifs is 1. The van der Waals surface area contributed by atoms with Crippen molar-refractivity contribution in [1.82, 2.24) is 14.5 Å². The van der Waals surface area contributed by atoms with Crippen molar-refractivity contribution >= 4 is 27.5 Å². The zero-order valence-corrected chi connectivity index (χ0v) is 18.6. The van der Waals surface area contributed by atoms with E-state index < -0.39 is 5.69 Å². The van der Waals surface area contributed by atoms with Crippen LogP contribution in [0.15, 0.2) is 70.3 Å². The van der Waals surface area contributed by atoms with Gasteiger partial charge in [0.25, 0.3) is 11.5 Å². The van der Waals surface area contributed by atoms with Gasteiger partial charge in [0, 0.05) is 13.6 Å². The maximum Gasteiger partial charge on any atom is 0.332 e. The number of hydrogen-bond donors (Lipinski definition) is 1. The Balaban J connectivity index is 1.54. The molecule has 0 radical (unpaired) electrons. The van der Waals surface area contributed by atoms with Gasteiger partial charge >= 0.3 is 5.69 Å². The fraction of sp³-hybridized carbons (Fsp3) is 0.208. The Morgan fingerprint density at radius 1 is 1.03 bits per heavy atom. The first-order chi connectivity index (χ1) is 15.5. The van der Waals surface area contributed by atoms with Gasteiger partial charge in [0.15, 0.2) is 0 Å². The molecular formula is C24H23N3O4S. The number of thiophene rings is 1. The van der Waals surface area contributed by atoms with Crippen molar-refractivity contribution in [1.29, 1.82) is 0 Å². The molecule has 4 aromatic rings. The average molecular weight is 450 g/mol. The molecule has 2 aromatic carbocycles. The van der Waals surface area contributed by atoms with Crippen LogP contribution in [0, 0.1) is 0 Å². The predicted molar refractivity (Wildman–Crippen MR) is 126 cm³/mol. The molecule has 4 rings (SSSR count). The van der Waals surface area contributed by atoms with Crippen molar-refractivity contribution in [3.8, 4) is 5.75 Å². The van der Waals surface area contributed by atoms with E-state index in [0.717, 1.165) is 28.2 Å². The van der Waals surface area contributed by atoms with E-state index in [1.807, 2.05) is 54.6 Å². The molecule has 0 saturated heterocycles. The summed E-state index contributed by atoms with van der Waals surface area (Å²) in [5, 5.41) is 3.26.